The summed E-state index contributed by atoms with van der Waals surface area (Å²) in [6.07, 6.45) is 5.60. The molecule has 354 valence electrons. The maximum atomic E-state index is 13.7. The van der Waals surface area contributed by atoms with Crippen molar-refractivity contribution in [2.24, 2.45) is 0 Å². The maximum absolute atomic E-state index is 13.7. The largest absolute Gasteiger partial charge is 0.480 e. The topological polar surface area (TPSA) is 134 Å². The Morgan fingerprint density at radius 3 is 1.25 bits per heavy atom. The highest BCUT2D eigenvalue weighted by Crippen LogP contribution is 2.33. The summed E-state index contributed by atoms with van der Waals surface area (Å²) in [5.74, 6) is -3.52. The van der Waals surface area contributed by atoms with Gasteiger partial charge in [-0.3, -0.25) is 9.59 Å². The average molecular weight is 917 g/mol. The number of amides is 2. The van der Waals surface area contributed by atoms with E-state index in [1.165, 1.54) is 15.4 Å². The summed E-state index contributed by atoms with van der Waals surface area (Å²) in [4.78, 5) is 54.4. The van der Waals surface area contributed by atoms with E-state index in [9.17, 15) is 29.4 Å². The van der Waals surface area contributed by atoms with Gasteiger partial charge in [0.15, 0.2) is 0 Å². The molecule has 2 saturated heterocycles. The second-order valence-corrected chi connectivity index (χ2v) is 16.5. The van der Waals surface area contributed by atoms with E-state index in [0.29, 0.717) is 19.6 Å². The summed E-state index contributed by atoms with van der Waals surface area (Å²) >= 11 is 0. The molecule has 0 spiro atoms. The molecule has 0 radical (unpaired) electrons. The minimum atomic E-state index is -1.01. The zero-order valence-electron chi connectivity index (χ0n) is 36.8. The smallest absolute Gasteiger partial charge is 0.326 e. The fraction of sp³-hybridized carbons (Fsp3) is 0.276. The third-order valence-electron chi connectivity index (χ3n) is 12.0. The normalized spacial score (nSPS) is 17.5. The van der Waals surface area contributed by atoms with Gasteiger partial charge in [-0.1, -0.05) is 209 Å². The number of carbonyl (C=O) groups is 4. The number of likely N-dealkylation sites (tertiary alicyclic amines) is 2. The first-order valence-corrected chi connectivity index (χ1v) is 22.5. The van der Waals surface area contributed by atoms with Gasteiger partial charge in [-0.05, 0) is 46.2 Å². The second kappa shape index (κ2) is 26.3. The van der Waals surface area contributed by atoms with Crippen molar-refractivity contribution in [2.45, 2.75) is 76.7 Å². The first-order valence-electron chi connectivity index (χ1n) is 22.5. The molecular formula is C58H64N2O8. The predicted molar refractivity (Wildman–Crippen MR) is 268 cm³/mol. The number of ether oxygens (including phenoxy) is 2. The highest BCUT2D eigenvalue weighted by atomic mass is 16.5. The molecule has 0 unspecified atom stereocenters. The molecule has 2 amide bonds. The van der Waals surface area contributed by atoms with Crippen LogP contribution in [-0.2, 0) is 35.1 Å². The summed E-state index contributed by atoms with van der Waals surface area (Å²) in [5, 5.41) is 19.7. The number of aryl methyl sites for hydroxylation is 1. The quantitative estimate of drug-likeness (QED) is 0.0864. The highest BCUT2D eigenvalue weighted by molar-refractivity contribution is 5.92. The number of carbonyl (C=O) groups excluding carboxylic acids is 2. The zero-order valence-corrected chi connectivity index (χ0v) is 36.8. The lowest BCUT2D eigenvalue weighted by Gasteiger charge is -2.27. The Bertz CT molecular complexity index is 2390. The van der Waals surface area contributed by atoms with Crippen LogP contribution in [0.3, 0.4) is 0 Å². The van der Waals surface area contributed by atoms with Gasteiger partial charge >= 0.3 is 11.9 Å². The predicted octanol–water partition coefficient (Wildman–Crippen LogP) is 10.4. The van der Waals surface area contributed by atoms with Gasteiger partial charge in [-0.2, -0.15) is 0 Å². The lowest BCUT2D eigenvalue weighted by atomic mass is 9.90. The Labute approximate surface area is 401 Å². The molecule has 6 aromatic carbocycles. The number of hydrogen-bond donors (Lipinski definition) is 2. The van der Waals surface area contributed by atoms with Gasteiger partial charge in [0.2, 0.25) is 11.8 Å². The summed E-state index contributed by atoms with van der Waals surface area (Å²) in [7, 11) is 0. The standard InChI is InChI=1S/C28H29NO4.C28H27NO4.2CH4/c2*30-27(26(22-14-6-2-7-15-22)23-16-8-3-9-17-23)29-20-24(19-25(29)28(31)32)33-18-10-13-21-11-4-1-5-12-21;;/h1-9,11-12,14-17,24-26H,10,13,18-20H2,(H,31,32);1-17,24-26H,18-20H2,(H,31,32);2*1H4/b;13-10+;;/t2*24-,25+;;/m11../s1. The lowest BCUT2D eigenvalue weighted by molar-refractivity contribution is -0.148. The third-order valence-corrected chi connectivity index (χ3v) is 12.0. The molecule has 6 aromatic rings. The molecule has 0 bridgehead atoms. The van der Waals surface area contributed by atoms with Gasteiger partial charge in [0.1, 0.15) is 12.1 Å². The highest BCUT2D eigenvalue weighted by Gasteiger charge is 2.44. The Hall–Kier alpha value is -7.14. The van der Waals surface area contributed by atoms with E-state index in [1.54, 1.807) is 0 Å². The monoisotopic (exact) mass is 916 g/mol. The fourth-order valence-electron chi connectivity index (χ4n) is 8.77. The number of carboxylic acid groups (broad SMARTS) is 2. The van der Waals surface area contributed by atoms with Crippen molar-refractivity contribution in [3.63, 3.8) is 0 Å². The van der Waals surface area contributed by atoms with Crippen molar-refractivity contribution in [3.05, 3.63) is 221 Å². The fourth-order valence-corrected chi connectivity index (χ4v) is 8.77. The van der Waals surface area contributed by atoms with Gasteiger partial charge in [-0.15, -0.1) is 0 Å². The number of nitrogens with zero attached hydrogens (tertiary/aromatic N) is 2. The van der Waals surface area contributed by atoms with Crippen molar-refractivity contribution in [3.8, 4) is 0 Å². The Balaban J connectivity index is 0.000000247. The molecule has 10 nitrogen and oxygen atoms in total. The maximum Gasteiger partial charge on any atom is 0.326 e. The van der Waals surface area contributed by atoms with Crippen molar-refractivity contribution < 1.29 is 38.9 Å². The van der Waals surface area contributed by atoms with Crippen molar-refractivity contribution in [1.29, 1.82) is 0 Å². The van der Waals surface area contributed by atoms with E-state index in [0.717, 1.165) is 40.7 Å². The third kappa shape index (κ3) is 13.9. The van der Waals surface area contributed by atoms with E-state index in [1.807, 2.05) is 182 Å². The number of aliphatic carboxylic acids is 2. The Kier molecular flexibility index (Phi) is 20.0. The summed E-state index contributed by atoms with van der Waals surface area (Å²) in [6, 6.07) is 56.4. The minimum Gasteiger partial charge on any atom is -0.480 e. The summed E-state index contributed by atoms with van der Waals surface area (Å²) in [5.41, 5.74) is 5.71. The van der Waals surface area contributed by atoms with Crippen LogP contribution in [0.5, 0.6) is 0 Å². The van der Waals surface area contributed by atoms with Gasteiger partial charge in [0, 0.05) is 32.5 Å². The van der Waals surface area contributed by atoms with Gasteiger partial charge in [0.05, 0.1) is 30.7 Å². The molecule has 2 aliphatic heterocycles. The van der Waals surface area contributed by atoms with Crippen molar-refractivity contribution >= 4 is 29.8 Å². The van der Waals surface area contributed by atoms with E-state index < -0.39 is 35.9 Å². The molecule has 2 heterocycles. The molecule has 4 atom stereocenters. The first-order chi connectivity index (χ1) is 32.3. The first kappa shape index (κ1) is 51.8. The number of benzene rings is 6. The van der Waals surface area contributed by atoms with E-state index in [2.05, 4.69) is 12.1 Å². The lowest BCUT2D eigenvalue weighted by Crippen LogP contribution is -2.43. The van der Waals surface area contributed by atoms with Gasteiger partial charge in [0.25, 0.3) is 0 Å². The molecule has 0 aromatic heterocycles. The van der Waals surface area contributed by atoms with E-state index in [-0.39, 0.29) is 58.4 Å². The van der Waals surface area contributed by atoms with Gasteiger partial charge in [-0.25, -0.2) is 9.59 Å². The van der Waals surface area contributed by atoms with Crippen LogP contribution in [-0.4, -0.2) is 94.4 Å². The zero-order chi connectivity index (χ0) is 46.1. The molecule has 0 saturated carbocycles. The van der Waals surface area contributed by atoms with Crippen LogP contribution >= 0.6 is 0 Å². The molecule has 2 N–H and O–H groups in total. The van der Waals surface area contributed by atoms with E-state index >= 15 is 0 Å². The van der Waals surface area contributed by atoms with Gasteiger partial charge < -0.3 is 29.5 Å². The molecule has 10 heteroatoms. The second-order valence-electron chi connectivity index (χ2n) is 16.5. The van der Waals surface area contributed by atoms with Crippen LogP contribution in [0.25, 0.3) is 6.08 Å². The molecule has 2 aliphatic rings. The van der Waals surface area contributed by atoms with Crippen LogP contribution in [0.2, 0.25) is 0 Å². The molecule has 68 heavy (non-hydrogen) atoms. The average Bonchev–Trinajstić information content (AvgIpc) is 4.00. The van der Waals surface area contributed by atoms with Crippen molar-refractivity contribution in [2.75, 3.05) is 26.3 Å². The van der Waals surface area contributed by atoms with Crippen LogP contribution < -0.4 is 0 Å². The summed E-state index contributed by atoms with van der Waals surface area (Å²) in [6.45, 7) is 1.44. The number of rotatable bonds is 17. The molecule has 2 fully saturated rings. The van der Waals surface area contributed by atoms with Crippen LogP contribution in [0.4, 0.5) is 0 Å². The van der Waals surface area contributed by atoms with E-state index in [4.69, 9.17) is 9.47 Å². The minimum absolute atomic E-state index is 0. The molecule has 8 rings (SSSR count). The Morgan fingerprint density at radius 2 is 0.868 bits per heavy atom. The molecule has 0 aliphatic carbocycles. The van der Waals surface area contributed by atoms with Crippen molar-refractivity contribution in [1.82, 2.24) is 9.80 Å². The molecular weight excluding hydrogens is 853 g/mol. The number of carboxylic acids is 2. The number of hydrogen-bond acceptors (Lipinski definition) is 6. The van der Waals surface area contributed by atoms with Crippen LogP contribution in [0.1, 0.15) is 79.3 Å². The SMILES string of the molecule is C.C.O=C(O)[C@@H]1C[C@@H](OC/C=C/c2ccccc2)CN1C(=O)C(c1ccccc1)c1ccccc1.O=C(O)[C@@H]1C[C@@H](OCCCc2ccccc2)CN1C(=O)C(c1ccccc1)c1ccccc1. The van der Waals surface area contributed by atoms with Crippen LogP contribution in [0.15, 0.2) is 188 Å². The Morgan fingerprint density at radius 1 is 0.515 bits per heavy atom. The van der Waals surface area contributed by atoms with Crippen LogP contribution in [0, 0.1) is 0 Å². The summed E-state index contributed by atoms with van der Waals surface area (Å²) < 4.78 is 12.0.